The van der Waals surface area contributed by atoms with Crippen LogP contribution in [-0.2, 0) is 0 Å². The van der Waals surface area contributed by atoms with Crippen molar-refractivity contribution in [2.75, 3.05) is 4.90 Å². The smallest absolute Gasteiger partial charge is 0.0541 e. The largest absolute Gasteiger partial charge is 0.309 e. The minimum absolute atomic E-state index is 0.255. The maximum Gasteiger partial charge on any atom is 0.0541 e. The Morgan fingerprint density at radius 2 is 0.985 bits per heavy atom. The second-order valence-electron chi connectivity index (χ2n) is 18.0. The van der Waals surface area contributed by atoms with E-state index in [4.69, 9.17) is 0 Å². The Morgan fingerprint density at radius 1 is 0.368 bits per heavy atom. The van der Waals surface area contributed by atoms with E-state index < -0.39 is 0 Å². The first-order valence-corrected chi connectivity index (χ1v) is 23.7. The molecule has 2 heteroatoms. The first-order chi connectivity index (χ1) is 33.7. The molecule has 0 N–H and O–H groups in total. The van der Waals surface area contributed by atoms with Crippen molar-refractivity contribution in [3.05, 3.63) is 271 Å². The van der Waals surface area contributed by atoms with Gasteiger partial charge in [-0.2, -0.15) is 0 Å². The summed E-state index contributed by atoms with van der Waals surface area (Å²) in [7, 11) is 0. The summed E-state index contributed by atoms with van der Waals surface area (Å²) in [6, 6.07) is 91.7. The van der Waals surface area contributed by atoms with Crippen molar-refractivity contribution >= 4 is 66.5 Å². The van der Waals surface area contributed by atoms with Crippen LogP contribution in [0, 0.1) is 0 Å². The number of hydrogen-bond donors (Lipinski definition) is 0. The van der Waals surface area contributed by atoms with Crippen LogP contribution in [0.2, 0.25) is 0 Å². The molecular formula is C66H46N2. The Kier molecular flexibility index (Phi) is 9.68. The third-order valence-corrected chi connectivity index (χ3v) is 14.1. The molecule has 320 valence electrons. The Balaban J connectivity index is 1.06. The fourth-order valence-corrected chi connectivity index (χ4v) is 11.0. The van der Waals surface area contributed by atoms with Crippen molar-refractivity contribution in [3.63, 3.8) is 0 Å². The molecule has 0 radical (unpaired) electrons. The number of fused-ring (bicyclic) bond motifs is 6. The van der Waals surface area contributed by atoms with Gasteiger partial charge in [-0.1, -0.05) is 206 Å². The number of allylic oxidation sites excluding steroid dienone is 1. The van der Waals surface area contributed by atoms with Gasteiger partial charge in [0.25, 0.3) is 0 Å². The molecule has 0 amide bonds. The Bertz CT molecular complexity index is 3850. The molecule has 1 atom stereocenters. The van der Waals surface area contributed by atoms with Gasteiger partial charge in [-0.15, -0.1) is 0 Å². The normalized spacial score (nSPS) is 13.3. The predicted molar refractivity (Wildman–Crippen MR) is 289 cm³/mol. The second-order valence-corrected chi connectivity index (χ2v) is 18.0. The number of aromatic nitrogens is 1. The van der Waals surface area contributed by atoms with Gasteiger partial charge in [0, 0.05) is 39.0 Å². The maximum atomic E-state index is 2.51. The lowest BCUT2D eigenvalue weighted by Gasteiger charge is -2.31. The van der Waals surface area contributed by atoms with Crippen LogP contribution >= 0.6 is 0 Å². The zero-order chi connectivity index (χ0) is 45.0. The van der Waals surface area contributed by atoms with E-state index in [9.17, 15) is 0 Å². The van der Waals surface area contributed by atoms with Crippen LogP contribution in [0.25, 0.3) is 88.5 Å². The minimum Gasteiger partial charge on any atom is -0.309 e. The summed E-state index contributed by atoms with van der Waals surface area (Å²) in [4.78, 5) is 2.51. The molecule has 2 nitrogen and oxygen atoms in total. The van der Waals surface area contributed by atoms with Crippen molar-refractivity contribution in [3.8, 4) is 39.1 Å². The number of benzene rings is 11. The molecule has 68 heavy (non-hydrogen) atoms. The van der Waals surface area contributed by atoms with Crippen molar-refractivity contribution < 1.29 is 0 Å². The van der Waals surface area contributed by atoms with Crippen LogP contribution in [0.15, 0.2) is 255 Å². The molecule has 0 fully saturated rings. The Hall–Kier alpha value is -8.72. The average Bonchev–Trinajstić information content (AvgIpc) is 3.75. The van der Waals surface area contributed by atoms with Gasteiger partial charge in [0.2, 0.25) is 0 Å². The van der Waals surface area contributed by atoms with Crippen molar-refractivity contribution in [2.24, 2.45) is 0 Å². The second kappa shape index (κ2) is 16.6. The van der Waals surface area contributed by atoms with E-state index in [1.165, 1.54) is 76.7 Å². The van der Waals surface area contributed by atoms with Gasteiger partial charge in [0.1, 0.15) is 0 Å². The average molecular weight is 867 g/mol. The Morgan fingerprint density at radius 3 is 1.82 bits per heavy atom. The molecule has 0 saturated carbocycles. The number of rotatable bonds is 8. The number of nitrogens with zero attached hydrogens (tertiary/aromatic N) is 2. The molecule has 11 aromatic carbocycles. The van der Waals surface area contributed by atoms with E-state index in [1.807, 2.05) is 0 Å². The standard InChI is InChI=1S/C66H46N2/c1-2-19-45(20-3-1)49-41-50(44-52(43-49)68-64-37-14-11-32-61(64)62-33-12-15-38-65(62)68)56-29-10-13-36-63(56)67(51-26-16-25-48(42-51)55-34-17-23-46-21-4-6-27-53(46)55)66-40-39-59(58-30-8-9-31-60(58)66)57-35-18-24-47-22-5-7-28-54(47)57/h1-34,36-44,57H,35H2. The highest BCUT2D eigenvalue weighted by molar-refractivity contribution is 6.10. The van der Waals surface area contributed by atoms with E-state index in [1.54, 1.807) is 0 Å². The lowest BCUT2D eigenvalue weighted by atomic mass is 9.80. The van der Waals surface area contributed by atoms with Crippen molar-refractivity contribution in [1.82, 2.24) is 4.57 Å². The molecular weight excluding hydrogens is 821 g/mol. The number of hydrogen-bond acceptors (Lipinski definition) is 1. The third kappa shape index (κ3) is 6.72. The van der Waals surface area contributed by atoms with Crippen LogP contribution in [0.1, 0.15) is 29.0 Å². The summed E-state index contributed by atoms with van der Waals surface area (Å²) in [5, 5.41) is 7.45. The lowest BCUT2D eigenvalue weighted by molar-refractivity contribution is 0.827. The first kappa shape index (κ1) is 39.6. The number of anilines is 3. The zero-order valence-electron chi connectivity index (χ0n) is 37.5. The van der Waals surface area contributed by atoms with Gasteiger partial charge < -0.3 is 9.47 Å². The summed E-state index contributed by atoms with van der Waals surface area (Å²) >= 11 is 0. The van der Waals surface area contributed by atoms with Crippen LogP contribution < -0.4 is 4.90 Å². The van der Waals surface area contributed by atoms with Gasteiger partial charge in [-0.25, -0.2) is 0 Å². The van der Waals surface area contributed by atoms with E-state index in [0.29, 0.717) is 0 Å². The fraction of sp³-hybridized carbons (Fsp3) is 0.0303. The summed E-state index contributed by atoms with van der Waals surface area (Å²) in [6.07, 6.45) is 5.59. The van der Waals surface area contributed by atoms with Crippen molar-refractivity contribution in [1.29, 1.82) is 0 Å². The van der Waals surface area contributed by atoms with E-state index in [0.717, 1.165) is 45.9 Å². The lowest BCUT2D eigenvalue weighted by Crippen LogP contribution is -2.13. The SMILES string of the molecule is C1=Cc2ccccc2C(c2ccc(N(c3cccc(-c4cccc5ccccc45)c3)c3ccccc3-c3cc(-c4ccccc4)cc(-n4c5ccccc5c5ccccc54)c3)c3ccccc23)C1. The number of para-hydroxylation sites is 3. The maximum absolute atomic E-state index is 2.51. The van der Waals surface area contributed by atoms with E-state index in [2.05, 4.69) is 270 Å². The molecule has 12 aromatic rings. The Labute approximate surface area is 397 Å². The third-order valence-electron chi connectivity index (χ3n) is 14.1. The molecule has 1 unspecified atom stereocenters. The first-order valence-electron chi connectivity index (χ1n) is 23.7. The van der Waals surface area contributed by atoms with Crippen LogP contribution in [-0.4, -0.2) is 4.57 Å². The molecule has 1 aromatic heterocycles. The van der Waals surface area contributed by atoms with Crippen LogP contribution in [0.3, 0.4) is 0 Å². The summed E-state index contributed by atoms with van der Waals surface area (Å²) in [5.41, 5.74) is 17.9. The molecule has 0 bridgehead atoms. The molecule has 0 aliphatic heterocycles. The minimum atomic E-state index is 0.255. The molecule has 1 aliphatic rings. The summed E-state index contributed by atoms with van der Waals surface area (Å²) in [5.74, 6) is 0.255. The molecule has 0 saturated heterocycles. The zero-order valence-corrected chi connectivity index (χ0v) is 37.5. The highest BCUT2D eigenvalue weighted by Gasteiger charge is 2.25. The van der Waals surface area contributed by atoms with Gasteiger partial charge in [0.15, 0.2) is 0 Å². The summed E-state index contributed by atoms with van der Waals surface area (Å²) < 4.78 is 2.44. The quantitative estimate of drug-likeness (QED) is 0.148. The van der Waals surface area contributed by atoms with Gasteiger partial charge in [-0.05, 0) is 122 Å². The van der Waals surface area contributed by atoms with Crippen LogP contribution in [0.4, 0.5) is 17.1 Å². The van der Waals surface area contributed by atoms with Gasteiger partial charge in [-0.3, -0.25) is 0 Å². The van der Waals surface area contributed by atoms with Gasteiger partial charge >= 0.3 is 0 Å². The van der Waals surface area contributed by atoms with Crippen LogP contribution in [0.5, 0.6) is 0 Å². The molecule has 1 heterocycles. The van der Waals surface area contributed by atoms with E-state index in [-0.39, 0.29) is 5.92 Å². The molecule has 1 aliphatic carbocycles. The molecule has 13 rings (SSSR count). The highest BCUT2D eigenvalue weighted by Crippen LogP contribution is 2.48. The van der Waals surface area contributed by atoms with E-state index >= 15 is 0 Å². The highest BCUT2D eigenvalue weighted by atomic mass is 15.1. The topological polar surface area (TPSA) is 8.17 Å². The van der Waals surface area contributed by atoms with Gasteiger partial charge in [0.05, 0.1) is 22.4 Å². The predicted octanol–water partition coefficient (Wildman–Crippen LogP) is 18.1. The molecule has 0 spiro atoms. The monoisotopic (exact) mass is 866 g/mol. The van der Waals surface area contributed by atoms with Crippen molar-refractivity contribution in [2.45, 2.75) is 12.3 Å². The fourth-order valence-electron chi connectivity index (χ4n) is 11.0. The summed E-state index contributed by atoms with van der Waals surface area (Å²) in [6.45, 7) is 0.